The van der Waals surface area contributed by atoms with Gasteiger partial charge in [0.1, 0.15) is 11.6 Å². The first-order valence-corrected chi connectivity index (χ1v) is 10.4. The molecule has 27 heavy (non-hydrogen) atoms. The van der Waals surface area contributed by atoms with E-state index in [1.54, 1.807) is 4.90 Å². The minimum Gasteiger partial charge on any atom is -0.357 e. The Morgan fingerprint density at radius 1 is 1.30 bits per heavy atom. The molecule has 0 saturated heterocycles. The average Bonchev–Trinajstić information content (AvgIpc) is 3.04. The number of likely N-dealkylation sites (N-methyl/N-ethyl adjacent to an activating group) is 1. The lowest BCUT2D eigenvalue weighted by Gasteiger charge is -2.25. The second-order valence-electron chi connectivity index (χ2n) is 6.85. The van der Waals surface area contributed by atoms with Gasteiger partial charge in [-0.25, -0.2) is 8.78 Å². The van der Waals surface area contributed by atoms with E-state index in [0.29, 0.717) is 17.3 Å². The maximum Gasteiger partial charge on any atom is 0.191 e. The summed E-state index contributed by atoms with van der Waals surface area (Å²) < 4.78 is 28.4. The Kier molecular flexibility index (Phi) is 10.9. The molecule has 1 saturated carbocycles. The van der Waals surface area contributed by atoms with Gasteiger partial charge >= 0.3 is 0 Å². The lowest BCUT2D eigenvalue weighted by atomic mass is 10.0. The third kappa shape index (κ3) is 7.05. The number of rotatable bonds is 7. The summed E-state index contributed by atoms with van der Waals surface area (Å²) in [7, 11) is 3.62. The molecular formula is C19H31F2IN4S. The number of guanidine groups is 1. The summed E-state index contributed by atoms with van der Waals surface area (Å²) in [5.41, 5.74) is 0.0698. The number of hydrogen-bond donors (Lipinski definition) is 2. The number of halogens is 3. The molecule has 2 rings (SSSR count). The predicted octanol–water partition coefficient (Wildman–Crippen LogP) is 4.02. The molecule has 0 bridgehead atoms. The summed E-state index contributed by atoms with van der Waals surface area (Å²) in [5.74, 6) is -0.353. The highest BCUT2D eigenvalue weighted by molar-refractivity contribution is 14.0. The largest absolute Gasteiger partial charge is 0.357 e. The van der Waals surface area contributed by atoms with Crippen LogP contribution in [-0.2, 0) is 0 Å². The van der Waals surface area contributed by atoms with Crippen molar-refractivity contribution in [2.24, 2.45) is 4.99 Å². The van der Waals surface area contributed by atoms with E-state index in [1.165, 1.54) is 24.6 Å². The molecule has 8 heteroatoms. The number of nitrogens with one attached hydrogen (secondary N) is 2. The van der Waals surface area contributed by atoms with Crippen molar-refractivity contribution in [2.75, 3.05) is 33.4 Å². The van der Waals surface area contributed by atoms with Gasteiger partial charge in [-0.2, -0.15) is 11.8 Å². The molecule has 1 aromatic carbocycles. The molecule has 1 aliphatic rings. The van der Waals surface area contributed by atoms with Gasteiger partial charge in [-0.3, -0.25) is 4.99 Å². The zero-order valence-corrected chi connectivity index (χ0v) is 19.6. The van der Waals surface area contributed by atoms with Crippen molar-refractivity contribution >= 4 is 41.7 Å². The molecule has 4 nitrogen and oxygen atoms in total. The molecule has 1 fully saturated rings. The van der Waals surface area contributed by atoms with Crippen molar-refractivity contribution in [3.8, 4) is 0 Å². The van der Waals surface area contributed by atoms with Gasteiger partial charge in [0.15, 0.2) is 5.96 Å². The molecule has 2 N–H and O–H groups in total. The average molecular weight is 512 g/mol. The summed E-state index contributed by atoms with van der Waals surface area (Å²) in [5, 5.41) is 7.41. The first-order valence-electron chi connectivity index (χ1n) is 9.14. The number of hydrogen-bond acceptors (Lipinski definition) is 3. The third-order valence-electron chi connectivity index (χ3n) is 4.78. The van der Waals surface area contributed by atoms with Crippen LogP contribution in [0.15, 0.2) is 23.2 Å². The highest BCUT2D eigenvalue weighted by Gasteiger charge is 2.25. The second-order valence-corrected chi connectivity index (χ2v) is 7.98. The van der Waals surface area contributed by atoms with Crippen molar-refractivity contribution in [1.82, 2.24) is 15.5 Å². The molecule has 0 aromatic heterocycles. The van der Waals surface area contributed by atoms with E-state index in [1.807, 2.05) is 32.8 Å². The molecule has 0 spiro atoms. The van der Waals surface area contributed by atoms with E-state index in [9.17, 15) is 8.78 Å². The van der Waals surface area contributed by atoms with Crippen LogP contribution in [0.25, 0.3) is 0 Å². The molecule has 1 aliphatic carbocycles. The molecular weight excluding hydrogens is 481 g/mol. The zero-order chi connectivity index (χ0) is 19.1. The molecule has 154 valence electrons. The minimum absolute atomic E-state index is 0. The maximum absolute atomic E-state index is 14.2. The molecule has 0 aliphatic heterocycles. The fourth-order valence-corrected chi connectivity index (χ4v) is 4.11. The lowest BCUT2D eigenvalue weighted by Crippen LogP contribution is -2.43. The van der Waals surface area contributed by atoms with Gasteiger partial charge in [0.05, 0.1) is 12.6 Å². The van der Waals surface area contributed by atoms with Gasteiger partial charge in [0.2, 0.25) is 0 Å². The summed E-state index contributed by atoms with van der Waals surface area (Å²) in [6.07, 6.45) is 5.59. The predicted molar refractivity (Wildman–Crippen MR) is 122 cm³/mol. The summed E-state index contributed by atoms with van der Waals surface area (Å²) in [4.78, 5) is 6.42. The minimum atomic E-state index is -0.532. The monoisotopic (exact) mass is 512 g/mol. The molecule has 3 atom stereocenters. The molecule has 0 amide bonds. The Hall–Kier alpha value is -0.610. The van der Waals surface area contributed by atoms with E-state index in [2.05, 4.69) is 21.9 Å². The topological polar surface area (TPSA) is 39.7 Å². The van der Waals surface area contributed by atoms with Crippen molar-refractivity contribution in [3.05, 3.63) is 35.4 Å². The highest BCUT2D eigenvalue weighted by atomic mass is 127. The van der Waals surface area contributed by atoms with Crippen molar-refractivity contribution in [1.29, 1.82) is 0 Å². The fraction of sp³-hybridized carbons (Fsp3) is 0.632. The maximum atomic E-state index is 14.2. The van der Waals surface area contributed by atoms with E-state index in [4.69, 9.17) is 0 Å². The Labute approximate surface area is 183 Å². The normalized spacial score (nSPS) is 21.1. The van der Waals surface area contributed by atoms with Crippen LogP contribution in [0.1, 0.15) is 37.8 Å². The standard InChI is InChI=1S/C19H30F2N4S.HI/c1-5-22-19(24-13-9-10-14(11-13)26-4)23-12-17(25(2)3)18-15(20)7-6-8-16(18)21;/h6-8,13-14,17H,5,9-12H2,1-4H3,(H2,22,23,24);1H. The number of aliphatic imine (C=N–C) groups is 1. The van der Waals surface area contributed by atoms with Crippen LogP contribution in [-0.4, -0.2) is 55.6 Å². The lowest BCUT2D eigenvalue weighted by molar-refractivity contribution is 0.290. The van der Waals surface area contributed by atoms with Gasteiger partial charge in [-0.05, 0) is 58.7 Å². The molecule has 0 radical (unpaired) electrons. The van der Waals surface area contributed by atoms with E-state index in [-0.39, 0.29) is 36.1 Å². The highest BCUT2D eigenvalue weighted by Crippen LogP contribution is 2.28. The molecule has 3 unspecified atom stereocenters. The first-order chi connectivity index (χ1) is 12.5. The number of thioether (sulfide) groups is 1. The van der Waals surface area contributed by atoms with Crippen molar-refractivity contribution in [3.63, 3.8) is 0 Å². The Morgan fingerprint density at radius 3 is 2.48 bits per heavy atom. The Bertz CT molecular complexity index is 595. The van der Waals surface area contributed by atoms with Crippen molar-refractivity contribution in [2.45, 2.75) is 43.5 Å². The van der Waals surface area contributed by atoms with Gasteiger partial charge in [-0.15, -0.1) is 24.0 Å². The van der Waals surface area contributed by atoms with Crippen LogP contribution in [0.2, 0.25) is 0 Å². The van der Waals surface area contributed by atoms with Crippen LogP contribution in [0, 0.1) is 11.6 Å². The van der Waals surface area contributed by atoms with Crippen LogP contribution < -0.4 is 10.6 Å². The van der Waals surface area contributed by atoms with Gasteiger partial charge in [-0.1, -0.05) is 6.07 Å². The van der Waals surface area contributed by atoms with Crippen LogP contribution in [0.3, 0.4) is 0 Å². The van der Waals surface area contributed by atoms with E-state index >= 15 is 0 Å². The number of benzene rings is 1. The van der Waals surface area contributed by atoms with E-state index in [0.717, 1.165) is 19.4 Å². The molecule has 1 aromatic rings. The third-order valence-corrected chi connectivity index (χ3v) is 5.88. The van der Waals surface area contributed by atoms with Gasteiger partial charge < -0.3 is 15.5 Å². The Morgan fingerprint density at radius 2 is 1.96 bits per heavy atom. The van der Waals surface area contributed by atoms with Gasteiger partial charge in [0, 0.05) is 23.4 Å². The first kappa shape index (κ1) is 24.4. The molecule has 0 heterocycles. The number of nitrogens with zero attached hydrogens (tertiary/aromatic N) is 2. The van der Waals surface area contributed by atoms with Crippen LogP contribution in [0.5, 0.6) is 0 Å². The zero-order valence-electron chi connectivity index (χ0n) is 16.5. The fourth-order valence-electron chi connectivity index (χ4n) is 3.32. The van der Waals surface area contributed by atoms with Crippen LogP contribution in [0.4, 0.5) is 8.78 Å². The van der Waals surface area contributed by atoms with E-state index < -0.39 is 17.7 Å². The smallest absolute Gasteiger partial charge is 0.191 e. The quantitative estimate of drug-likeness (QED) is 0.329. The summed E-state index contributed by atoms with van der Waals surface area (Å²) in [6, 6.07) is 3.91. The van der Waals surface area contributed by atoms with Crippen LogP contribution >= 0.6 is 35.7 Å². The SMILES string of the molecule is CCNC(=NCC(c1c(F)cccc1F)N(C)C)NC1CCC(SC)C1.I. The van der Waals surface area contributed by atoms with Gasteiger partial charge in [0.25, 0.3) is 0 Å². The second kappa shape index (κ2) is 12.1. The Balaban J connectivity index is 0.00000364. The summed E-state index contributed by atoms with van der Waals surface area (Å²) in [6.45, 7) is 3.03. The summed E-state index contributed by atoms with van der Waals surface area (Å²) >= 11 is 1.91. The van der Waals surface area contributed by atoms with Crippen molar-refractivity contribution < 1.29 is 8.78 Å².